The molecule has 164 valence electrons. The van der Waals surface area contributed by atoms with Gasteiger partial charge in [0.2, 0.25) is 0 Å². The lowest BCUT2D eigenvalue weighted by molar-refractivity contribution is -0.430. The first-order valence-corrected chi connectivity index (χ1v) is 6.41. The second-order valence-electron chi connectivity index (χ2n) is 5.13. The summed E-state index contributed by atoms with van der Waals surface area (Å²) < 4.78 is 185. The molecular weight excluding hydrogens is 440 g/mol. The van der Waals surface area contributed by atoms with Gasteiger partial charge in [-0.3, -0.25) is 0 Å². The van der Waals surface area contributed by atoms with Crippen LogP contribution in [0.1, 0.15) is 6.42 Å². The van der Waals surface area contributed by atoms with Crippen LogP contribution in [0.15, 0.2) is 17.8 Å². The Hall–Kier alpha value is -1.93. The van der Waals surface area contributed by atoms with Gasteiger partial charge in [-0.1, -0.05) is 11.7 Å². The maximum atomic E-state index is 13.9. The van der Waals surface area contributed by atoms with Crippen molar-refractivity contribution in [3.8, 4) is 0 Å². The van der Waals surface area contributed by atoms with E-state index in [1.165, 1.54) is 0 Å². The summed E-state index contributed by atoms with van der Waals surface area (Å²) >= 11 is 0. The summed E-state index contributed by atoms with van der Waals surface area (Å²) in [5.41, 5.74) is 1.12. The Balaban J connectivity index is 6.68. The molecule has 17 heteroatoms. The molecule has 0 aliphatic carbocycles. The van der Waals surface area contributed by atoms with Crippen LogP contribution in [-0.4, -0.2) is 48.0 Å². The summed E-state index contributed by atoms with van der Waals surface area (Å²) in [6.45, 7) is -0.0574. The van der Waals surface area contributed by atoms with E-state index in [2.05, 4.69) is 5.11 Å². The molecule has 3 nitrogen and oxygen atoms in total. The number of halogens is 14. The van der Waals surface area contributed by atoms with E-state index >= 15 is 0 Å². The zero-order chi connectivity index (χ0) is 23.0. The van der Waals surface area contributed by atoms with Gasteiger partial charge in [0.05, 0.1) is 0 Å². The molecule has 0 spiro atoms. The first-order chi connectivity index (χ1) is 12.1. The van der Waals surface area contributed by atoms with Gasteiger partial charge >= 0.3 is 35.8 Å². The Morgan fingerprint density at radius 2 is 1.11 bits per heavy atom. The minimum atomic E-state index is -8.00. The van der Waals surface area contributed by atoms with Crippen LogP contribution in [0.5, 0.6) is 0 Å². The molecule has 0 aliphatic heterocycles. The lowest BCUT2D eigenvalue weighted by atomic mass is 9.83. The van der Waals surface area contributed by atoms with Gasteiger partial charge in [0.15, 0.2) is 0 Å². The summed E-state index contributed by atoms with van der Waals surface area (Å²) in [4.78, 5) is 1.68. The summed E-state index contributed by atoms with van der Waals surface area (Å²) in [7, 11) is 0. The highest BCUT2D eigenvalue weighted by Crippen LogP contribution is 2.62. The van der Waals surface area contributed by atoms with Crippen molar-refractivity contribution < 1.29 is 61.5 Å². The van der Waals surface area contributed by atoms with Crippen molar-refractivity contribution in [2.24, 2.45) is 5.11 Å². The zero-order valence-corrected chi connectivity index (χ0v) is 12.8. The lowest BCUT2D eigenvalue weighted by Crippen LogP contribution is -2.73. The van der Waals surface area contributed by atoms with Crippen LogP contribution in [0.25, 0.3) is 10.4 Å². The highest BCUT2D eigenvalue weighted by atomic mass is 19.4. The number of hydrogen-bond donors (Lipinski definition) is 0. The van der Waals surface area contributed by atoms with Crippen LogP contribution in [0.4, 0.5) is 61.5 Å². The Labute approximate surface area is 145 Å². The number of hydrogen-bond acceptors (Lipinski definition) is 1. The minimum Gasteiger partial charge on any atom is -0.227 e. The summed E-state index contributed by atoms with van der Waals surface area (Å²) in [6.07, 6.45) is -11.4. The zero-order valence-electron chi connectivity index (χ0n) is 12.8. The van der Waals surface area contributed by atoms with Crippen LogP contribution < -0.4 is 0 Å². The third kappa shape index (κ3) is 3.43. The predicted molar refractivity (Wildman–Crippen MR) is 63.5 cm³/mol. The smallest absolute Gasteiger partial charge is 0.227 e. The fourth-order valence-electron chi connectivity index (χ4n) is 1.71. The van der Waals surface area contributed by atoms with Crippen LogP contribution in [0, 0.1) is 0 Å². The quantitative estimate of drug-likeness (QED) is 0.131. The van der Waals surface area contributed by atoms with E-state index in [0.717, 1.165) is 0 Å². The fourth-order valence-corrected chi connectivity index (χ4v) is 1.71. The first-order valence-electron chi connectivity index (χ1n) is 6.41. The minimum absolute atomic E-state index is 1.34. The number of rotatable bonds is 9. The van der Waals surface area contributed by atoms with E-state index < -0.39 is 60.5 Å². The molecule has 1 unspecified atom stereocenters. The molecule has 0 N–H and O–H groups in total. The Morgan fingerprint density at radius 3 is 1.43 bits per heavy atom. The van der Waals surface area contributed by atoms with Crippen LogP contribution in [0.2, 0.25) is 0 Å². The third-order valence-electron chi connectivity index (χ3n) is 3.42. The number of allylic oxidation sites excluding steroid dienone is 1. The molecule has 0 fully saturated rings. The van der Waals surface area contributed by atoms with Gasteiger partial charge < -0.3 is 0 Å². The summed E-state index contributed by atoms with van der Waals surface area (Å²) in [6, 6.07) is 0. The van der Waals surface area contributed by atoms with Gasteiger partial charge in [0.1, 0.15) is 0 Å². The van der Waals surface area contributed by atoms with Gasteiger partial charge in [-0.2, -0.15) is 57.1 Å². The van der Waals surface area contributed by atoms with Crippen molar-refractivity contribution >= 4 is 0 Å². The Kier molecular flexibility index (Phi) is 6.66. The molecule has 0 radical (unpaired) electrons. The molecule has 1 atom stereocenters. The molecule has 0 rings (SSSR count). The largest absolute Gasteiger partial charge is 0.428 e. The van der Waals surface area contributed by atoms with E-state index in [0.29, 0.717) is 0 Å². The second-order valence-corrected chi connectivity index (χ2v) is 5.13. The van der Waals surface area contributed by atoms with Crippen LogP contribution in [0.3, 0.4) is 0 Å². The van der Waals surface area contributed by atoms with Gasteiger partial charge in [-0.25, -0.2) is 4.39 Å². The van der Waals surface area contributed by atoms with Crippen molar-refractivity contribution in [1.29, 1.82) is 0 Å². The fraction of sp³-hybridized carbons (Fsp3) is 0.818. The summed E-state index contributed by atoms with van der Waals surface area (Å²) in [5, 5.41) is 2.12. The number of nitrogens with zero attached hydrogens (tertiary/aromatic N) is 3. The van der Waals surface area contributed by atoms with E-state index in [9.17, 15) is 61.5 Å². The monoisotopic (exact) mass is 447 g/mol. The average molecular weight is 447 g/mol. The molecule has 0 aromatic rings. The maximum absolute atomic E-state index is 13.9. The van der Waals surface area contributed by atoms with Crippen LogP contribution in [-0.2, 0) is 0 Å². The molecule has 0 aliphatic rings. The third-order valence-corrected chi connectivity index (χ3v) is 3.42. The molecule has 0 amide bonds. The molecule has 0 heterocycles. The lowest BCUT2D eigenvalue weighted by Gasteiger charge is -2.43. The summed E-state index contributed by atoms with van der Waals surface area (Å²) in [5.74, 6) is -37.3. The molecule has 0 aromatic heterocycles. The Bertz CT molecular complexity index is 633. The number of alkyl halides is 14. The van der Waals surface area contributed by atoms with Gasteiger partial charge in [0, 0.05) is 17.9 Å². The Morgan fingerprint density at radius 1 is 0.714 bits per heavy atom. The SMILES string of the molecule is C=CC(F)(F)C(F)(F)C(F)(F)C(F)(F)C(F)(F)C(F)(CCN=[N+]=[N-])C(F)(F)F. The van der Waals surface area contributed by atoms with Crippen molar-refractivity contribution in [3.05, 3.63) is 23.1 Å². The second kappa shape index (κ2) is 7.15. The molecule has 0 aromatic carbocycles. The van der Waals surface area contributed by atoms with Crippen molar-refractivity contribution in [3.63, 3.8) is 0 Å². The van der Waals surface area contributed by atoms with Gasteiger partial charge in [0.25, 0.3) is 5.67 Å². The highest BCUT2D eigenvalue weighted by Gasteiger charge is 2.91. The predicted octanol–water partition coefficient (Wildman–Crippen LogP) is 6.32. The average Bonchev–Trinajstić information content (AvgIpc) is 2.52. The van der Waals surface area contributed by atoms with Gasteiger partial charge in [-0.05, 0) is 11.6 Å². The van der Waals surface area contributed by atoms with Crippen molar-refractivity contribution in [2.75, 3.05) is 6.54 Å². The van der Waals surface area contributed by atoms with Gasteiger partial charge in [-0.15, -0.1) is 0 Å². The standard InChI is InChI=1S/C11H7F14N3/c1-2-6(13,14)8(17,18)10(21,22)9(19,20)7(15,16)5(12,11(23,24)25)3-4-27-28-26/h2H,1,3-4H2. The van der Waals surface area contributed by atoms with Crippen molar-refractivity contribution in [1.82, 2.24) is 0 Å². The maximum Gasteiger partial charge on any atom is 0.428 e. The van der Waals surface area contributed by atoms with E-state index in [1.54, 1.807) is 4.91 Å². The van der Waals surface area contributed by atoms with Crippen molar-refractivity contribution in [2.45, 2.75) is 47.9 Å². The van der Waals surface area contributed by atoms with E-state index in [-0.39, 0.29) is 0 Å². The first kappa shape index (κ1) is 26.1. The normalized spacial score (nSPS) is 16.9. The molecule has 28 heavy (non-hydrogen) atoms. The number of azide groups is 1. The van der Waals surface area contributed by atoms with E-state index in [4.69, 9.17) is 5.53 Å². The highest BCUT2D eigenvalue weighted by molar-refractivity contribution is 5.17. The molecule has 0 bridgehead atoms. The molecular formula is C11H7F14N3. The topological polar surface area (TPSA) is 48.8 Å². The molecule has 0 saturated carbocycles. The molecule has 0 saturated heterocycles. The van der Waals surface area contributed by atoms with Crippen LogP contribution >= 0.6 is 0 Å². The van der Waals surface area contributed by atoms with E-state index in [1.807, 2.05) is 6.58 Å².